The van der Waals surface area contributed by atoms with Crippen LogP contribution in [0.15, 0.2) is 42.7 Å². The molecule has 0 saturated heterocycles. The van der Waals surface area contributed by atoms with Crippen LogP contribution in [0, 0.1) is 11.3 Å². The highest BCUT2D eigenvalue weighted by molar-refractivity contribution is 6.33. The SMILES string of the molecule is COc1ccc(Cl)c(-c2cnc3[nH]c4cnc(C#N)cc4c3c2)c1. The molecule has 0 bridgehead atoms. The number of fused-ring (bicyclic) bond motifs is 3. The summed E-state index contributed by atoms with van der Waals surface area (Å²) in [4.78, 5) is 11.8. The van der Waals surface area contributed by atoms with E-state index in [1.165, 1.54) is 0 Å². The summed E-state index contributed by atoms with van der Waals surface area (Å²) in [6.45, 7) is 0. The number of hydrogen-bond donors (Lipinski definition) is 1. The lowest BCUT2D eigenvalue weighted by Gasteiger charge is -2.07. The third-order valence-electron chi connectivity index (χ3n) is 3.93. The van der Waals surface area contributed by atoms with Gasteiger partial charge in [0.05, 0.1) is 18.8 Å². The van der Waals surface area contributed by atoms with Gasteiger partial charge in [-0.15, -0.1) is 0 Å². The summed E-state index contributed by atoms with van der Waals surface area (Å²) in [5.74, 6) is 0.726. The van der Waals surface area contributed by atoms with Crippen LogP contribution in [-0.4, -0.2) is 22.1 Å². The summed E-state index contributed by atoms with van der Waals surface area (Å²) in [5.41, 5.74) is 3.67. The topological polar surface area (TPSA) is 74.6 Å². The maximum absolute atomic E-state index is 9.06. The molecule has 3 heterocycles. The van der Waals surface area contributed by atoms with Crippen LogP contribution in [-0.2, 0) is 0 Å². The van der Waals surface area contributed by atoms with E-state index >= 15 is 0 Å². The number of nitrogens with one attached hydrogen (secondary N) is 1. The van der Waals surface area contributed by atoms with E-state index in [2.05, 4.69) is 21.0 Å². The first-order chi connectivity index (χ1) is 11.7. The highest BCUT2D eigenvalue weighted by atomic mass is 35.5. The molecule has 116 valence electrons. The summed E-state index contributed by atoms with van der Waals surface area (Å²) in [7, 11) is 1.62. The zero-order valence-electron chi connectivity index (χ0n) is 12.7. The average molecular weight is 335 g/mol. The van der Waals surface area contributed by atoms with Crippen LogP contribution in [0.1, 0.15) is 5.69 Å². The van der Waals surface area contributed by atoms with E-state index in [4.69, 9.17) is 21.6 Å². The third-order valence-corrected chi connectivity index (χ3v) is 4.26. The minimum atomic E-state index is 0.369. The summed E-state index contributed by atoms with van der Waals surface area (Å²) in [6, 6.07) is 11.3. The first-order valence-electron chi connectivity index (χ1n) is 7.21. The Morgan fingerprint density at radius 1 is 1.12 bits per heavy atom. The molecule has 0 amide bonds. The molecule has 0 aliphatic heterocycles. The van der Waals surface area contributed by atoms with Gasteiger partial charge in [0.2, 0.25) is 0 Å². The van der Waals surface area contributed by atoms with Gasteiger partial charge in [0.1, 0.15) is 23.2 Å². The van der Waals surface area contributed by atoms with Crippen molar-refractivity contribution in [3.05, 3.63) is 53.4 Å². The normalized spacial score (nSPS) is 10.9. The predicted octanol–water partition coefficient (Wildman–Crippen LogP) is 4.31. The first-order valence-corrected chi connectivity index (χ1v) is 7.59. The van der Waals surface area contributed by atoms with Crippen molar-refractivity contribution in [2.75, 3.05) is 7.11 Å². The van der Waals surface area contributed by atoms with Crippen molar-refractivity contribution >= 4 is 33.5 Å². The van der Waals surface area contributed by atoms with Gasteiger partial charge in [-0.1, -0.05) is 11.6 Å². The van der Waals surface area contributed by atoms with Crippen LogP contribution in [0.5, 0.6) is 5.75 Å². The number of pyridine rings is 2. The Labute approximate surface area is 142 Å². The second-order valence-electron chi connectivity index (χ2n) is 5.32. The van der Waals surface area contributed by atoms with Crippen molar-refractivity contribution in [2.24, 2.45) is 0 Å². The number of benzene rings is 1. The lowest BCUT2D eigenvalue weighted by atomic mass is 10.1. The maximum Gasteiger partial charge on any atom is 0.141 e. The van der Waals surface area contributed by atoms with E-state index in [1.807, 2.05) is 18.2 Å². The number of aromatic amines is 1. The molecular weight excluding hydrogens is 324 g/mol. The van der Waals surface area contributed by atoms with Crippen LogP contribution in [0.4, 0.5) is 0 Å². The van der Waals surface area contributed by atoms with Gasteiger partial charge in [0.15, 0.2) is 0 Å². The van der Waals surface area contributed by atoms with Gasteiger partial charge in [-0.2, -0.15) is 5.26 Å². The number of hydrogen-bond acceptors (Lipinski definition) is 4. The molecule has 0 fully saturated rings. The summed E-state index contributed by atoms with van der Waals surface area (Å²) < 4.78 is 5.27. The van der Waals surface area contributed by atoms with Gasteiger partial charge < -0.3 is 9.72 Å². The Kier molecular flexibility index (Phi) is 3.33. The fourth-order valence-corrected chi connectivity index (χ4v) is 2.96. The number of rotatable bonds is 2. The van der Waals surface area contributed by atoms with E-state index in [0.29, 0.717) is 10.7 Å². The van der Waals surface area contributed by atoms with Crippen molar-refractivity contribution < 1.29 is 4.74 Å². The van der Waals surface area contributed by atoms with E-state index in [-0.39, 0.29) is 0 Å². The monoisotopic (exact) mass is 334 g/mol. The second-order valence-corrected chi connectivity index (χ2v) is 5.73. The second kappa shape index (κ2) is 5.52. The quantitative estimate of drug-likeness (QED) is 0.592. The molecule has 3 aromatic heterocycles. The first kappa shape index (κ1) is 14.5. The fourth-order valence-electron chi connectivity index (χ4n) is 2.74. The van der Waals surface area contributed by atoms with Gasteiger partial charge in [-0.05, 0) is 30.3 Å². The highest BCUT2D eigenvalue weighted by Crippen LogP contribution is 2.34. The van der Waals surface area contributed by atoms with Crippen LogP contribution in [0.25, 0.3) is 33.1 Å². The summed E-state index contributed by atoms with van der Waals surface area (Å²) in [5, 5.41) is 11.5. The van der Waals surface area contributed by atoms with Gasteiger partial charge in [0.25, 0.3) is 0 Å². The minimum Gasteiger partial charge on any atom is -0.497 e. The standard InChI is InChI=1S/C18H11ClN4O/c1-24-12-2-3-16(19)13(6-12)10-4-15-14-5-11(7-20)21-9-17(14)23-18(15)22-8-10/h2-6,8-9H,1H3,(H,22,23). The van der Waals surface area contributed by atoms with Crippen molar-refractivity contribution in [2.45, 2.75) is 0 Å². The van der Waals surface area contributed by atoms with Crippen LogP contribution in [0.3, 0.4) is 0 Å². The molecule has 0 atom stereocenters. The summed E-state index contributed by atoms with van der Waals surface area (Å²) in [6.07, 6.45) is 3.41. The van der Waals surface area contributed by atoms with E-state index in [1.54, 1.807) is 31.6 Å². The Hall–Kier alpha value is -3.10. The molecule has 0 spiro atoms. The molecule has 24 heavy (non-hydrogen) atoms. The maximum atomic E-state index is 9.06. The molecule has 5 nitrogen and oxygen atoms in total. The lowest BCUT2D eigenvalue weighted by molar-refractivity contribution is 0.415. The predicted molar refractivity (Wildman–Crippen MR) is 93.1 cm³/mol. The number of nitrogens with zero attached hydrogens (tertiary/aromatic N) is 3. The van der Waals surface area contributed by atoms with Crippen molar-refractivity contribution in [1.29, 1.82) is 5.26 Å². The van der Waals surface area contributed by atoms with Crippen molar-refractivity contribution in [1.82, 2.24) is 15.0 Å². The number of aromatic nitrogens is 3. The average Bonchev–Trinajstić information content (AvgIpc) is 2.99. The molecule has 1 aromatic carbocycles. The van der Waals surface area contributed by atoms with Gasteiger partial charge in [0, 0.05) is 33.1 Å². The van der Waals surface area contributed by atoms with Gasteiger partial charge in [-0.3, -0.25) is 0 Å². The Balaban J connectivity index is 1.98. The number of nitriles is 1. The van der Waals surface area contributed by atoms with E-state index in [9.17, 15) is 0 Å². The number of H-pyrrole nitrogens is 1. The third kappa shape index (κ3) is 2.25. The number of halogens is 1. The highest BCUT2D eigenvalue weighted by Gasteiger charge is 2.11. The molecule has 0 aliphatic rings. The Bertz CT molecular complexity index is 1130. The largest absolute Gasteiger partial charge is 0.497 e. The van der Waals surface area contributed by atoms with Crippen molar-refractivity contribution in [3.8, 4) is 22.9 Å². The molecule has 0 radical (unpaired) electrons. The molecule has 0 aliphatic carbocycles. The molecular formula is C18H11ClN4O. The lowest BCUT2D eigenvalue weighted by Crippen LogP contribution is -1.86. The van der Waals surface area contributed by atoms with Crippen molar-refractivity contribution in [3.63, 3.8) is 0 Å². The van der Waals surface area contributed by atoms with Crippen LogP contribution < -0.4 is 4.74 Å². The number of methoxy groups -OCH3 is 1. The minimum absolute atomic E-state index is 0.369. The van der Waals surface area contributed by atoms with E-state index in [0.717, 1.165) is 38.8 Å². The summed E-state index contributed by atoms with van der Waals surface area (Å²) >= 11 is 6.33. The number of ether oxygens (including phenoxy) is 1. The molecule has 0 saturated carbocycles. The smallest absolute Gasteiger partial charge is 0.141 e. The molecule has 0 unspecified atom stereocenters. The molecule has 4 rings (SSSR count). The van der Waals surface area contributed by atoms with E-state index < -0.39 is 0 Å². The molecule has 1 N–H and O–H groups in total. The molecule has 6 heteroatoms. The zero-order chi connectivity index (χ0) is 16.7. The van der Waals surface area contributed by atoms with Crippen LogP contribution in [0.2, 0.25) is 5.02 Å². The van der Waals surface area contributed by atoms with Gasteiger partial charge in [-0.25, -0.2) is 9.97 Å². The fraction of sp³-hybridized carbons (Fsp3) is 0.0556. The van der Waals surface area contributed by atoms with Crippen LogP contribution >= 0.6 is 11.6 Å². The Morgan fingerprint density at radius 2 is 2.00 bits per heavy atom. The molecule has 4 aromatic rings. The van der Waals surface area contributed by atoms with Gasteiger partial charge >= 0.3 is 0 Å². The Morgan fingerprint density at radius 3 is 2.79 bits per heavy atom. The zero-order valence-corrected chi connectivity index (χ0v) is 13.4.